The molecule has 0 unspecified atom stereocenters. The van der Waals surface area contributed by atoms with Crippen LogP contribution in [0.4, 0.5) is 10.2 Å². The van der Waals surface area contributed by atoms with E-state index in [1.54, 1.807) is 36.4 Å². The fraction of sp³-hybridized carbons (Fsp3) is 0.200. The number of nitrogens with zero attached hydrogens (tertiary/aromatic N) is 7. The first kappa shape index (κ1) is 20.9. The molecule has 3 heterocycles. The maximum atomic E-state index is 13.3. The molecule has 0 N–H and O–H groups in total. The molecule has 4 aromatic rings. The molecule has 0 saturated carbocycles. The highest BCUT2D eigenvalue weighted by Gasteiger charge is 2.30. The van der Waals surface area contributed by atoms with Crippen molar-refractivity contribution in [2.45, 2.75) is 4.90 Å². The molecule has 12 heteroatoms. The molecule has 0 bridgehead atoms. The zero-order valence-electron chi connectivity index (χ0n) is 16.6. The molecule has 1 aliphatic rings. The van der Waals surface area contributed by atoms with Crippen molar-refractivity contribution in [3.8, 4) is 5.69 Å². The molecule has 2 aromatic carbocycles. The largest absolute Gasteiger partial charge is 0.352 e. The predicted molar refractivity (Wildman–Crippen MR) is 120 cm³/mol. The molecule has 0 amide bonds. The molecular weight excluding hydrogens is 501 g/mol. The fourth-order valence-corrected chi connectivity index (χ4v) is 5.31. The van der Waals surface area contributed by atoms with Crippen LogP contribution in [0.3, 0.4) is 0 Å². The zero-order chi connectivity index (χ0) is 22.3. The second-order valence-corrected chi connectivity index (χ2v) is 10.0. The van der Waals surface area contributed by atoms with Crippen LogP contribution in [-0.2, 0) is 10.0 Å². The third-order valence-corrected chi connectivity index (χ3v) is 7.72. The number of hydrogen-bond acceptors (Lipinski definition) is 7. The van der Waals surface area contributed by atoms with Gasteiger partial charge in [-0.15, -0.1) is 5.10 Å². The molecule has 1 aliphatic heterocycles. The Kier molecular flexibility index (Phi) is 5.35. The number of hydrogen-bond donors (Lipinski definition) is 0. The van der Waals surface area contributed by atoms with Crippen LogP contribution in [0.1, 0.15) is 0 Å². The number of benzene rings is 2. The van der Waals surface area contributed by atoms with Crippen molar-refractivity contribution in [2.75, 3.05) is 31.1 Å². The van der Waals surface area contributed by atoms with Gasteiger partial charge in [0.25, 0.3) is 0 Å². The molecule has 0 spiro atoms. The third kappa shape index (κ3) is 3.74. The van der Waals surface area contributed by atoms with Crippen molar-refractivity contribution in [1.82, 2.24) is 29.3 Å². The molecule has 1 fully saturated rings. The number of fused-ring (bicyclic) bond motifs is 1. The number of rotatable bonds is 4. The van der Waals surface area contributed by atoms with Crippen LogP contribution in [-0.4, -0.2) is 63.9 Å². The minimum atomic E-state index is -3.57. The van der Waals surface area contributed by atoms with Crippen LogP contribution in [0, 0.1) is 5.82 Å². The Labute approximate surface area is 191 Å². The first-order valence-corrected chi connectivity index (χ1v) is 12.0. The molecule has 164 valence electrons. The molecule has 5 rings (SSSR count). The SMILES string of the molecule is O=S(=O)(c1ccc(Br)cc1)N1CCN(c2ncnc3c2nnn3-c2ccc(F)cc2)CC1. The van der Waals surface area contributed by atoms with Gasteiger partial charge in [-0.25, -0.2) is 22.8 Å². The van der Waals surface area contributed by atoms with Crippen molar-refractivity contribution in [3.63, 3.8) is 0 Å². The first-order valence-electron chi connectivity index (χ1n) is 9.76. The van der Waals surface area contributed by atoms with Gasteiger partial charge in [-0.2, -0.15) is 8.99 Å². The average Bonchev–Trinajstić information content (AvgIpc) is 3.24. The summed E-state index contributed by atoms with van der Waals surface area (Å²) in [7, 11) is -3.57. The molecule has 32 heavy (non-hydrogen) atoms. The summed E-state index contributed by atoms with van der Waals surface area (Å²) in [6.45, 7) is 1.53. The number of sulfonamides is 1. The topological polar surface area (TPSA) is 97.1 Å². The molecule has 1 saturated heterocycles. The molecular formula is C20H17BrFN7O2S. The molecule has 2 aromatic heterocycles. The van der Waals surface area contributed by atoms with Crippen molar-refractivity contribution >= 4 is 42.9 Å². The lowest BCUT2D eigenvalue weighted by Crippen LogP contribution is -2.49. The summed E-state index contributed by atoms with van der Waals surface area (Å²) in [6.07, 6.45) is 1.42. The zero-order valence-corrected chi connectivity index (χ0v) is 19.0. The van der Waals surface area contributed by atoms with E-state index in [0.717, 1.165) is 4.47 Å². The Morgan fingerprint density at radius 3 is 2.28 bits per heavy atom. The van der Waals surface area contributed by atoms with E-state index in [1.165, 1.54) is 27.4 Å². The maximum absolute atomic E-state index is 13.3. The minimum Gasteiger partial charge on any atom is -0.352 e. The van der Waals surface area contributed by atoms with E-state index in [-0.39, 0.29) is 10.7 Å². The van der Waals surface area contributed by atoms with Crippen LogP contribution < -0.4 is 4.90 Å². The van der Waals surface area contributed by atoms with E-state index in [9.17, 15) is 12.8 Å². The highest BCUT2D eigenvalue weighted by Crippen LogP contribution is 2.25. The Bertz CT molecular complexity index is 1370. The quantitative estimate of drug-likeness (QED) is 0.410. The van der Waals surface area contributed by atoms with Crippen LogP contribution in [0.15, 0.2) is 64.2 Å². The van der Waals surface area contributed by atoms with E-state index in [1.807, 2.05) is 4.90 Å². The third-order valence-electron chi connectivity index (χ3n) is 5.28. The average molecular weight is 518 g/mol. The highest BCUT2D eigenvalue weighted by molar-refractivity contribution is 9.10. The minimum absolute atomic E-state index is 0.265. The van der Waals surface area contributed by atoms with E-state index in [4.69, 9.17) is 0 Å². The summed E-state index contributed by atoms with van der Waals surface area (Å²) in [4.78, 5) is 10.9. The summed E-state index contributed by atoms with van der Waals surface area (Å²) >= 11 is 3.32. The second-order valence-electron chi connectivity index (χ2n) is 7.19. The Balaban J connectivity index is 1.38. The highest BCUT2D eigenvalue weighted by atomic mass is 79.9. The predicted octanol–water partition coefficient (Wildman–Crippen LogP) is 2.62. The van der Waals surface area contributed by atoms with Crippen molar-refractivity contribution in [1.29, 1.82) is 0 Å². The molecule has 0 radical (unpaired) electrons. The standard InChI is InChI=1S/C20H17BrFN7O2S/c21-14-1-7-17(8-2-14)32(30,31)28-11-9-27(10-12-28)19-18-20(24-13-23-19)29(26-25-18)16-5-3-15(22)4-6-16/h1-8,13H,9-12H2. The lowest BCUT2D eigenvalue weighted by atomic mass is 10.3. The summed E-state index contributed by atoms with van der Waals surface area (Å²) in [5.74, 6) is 0.244. The summed E-state index contributed by atoms with van der Waals surface area (Å²) < 4.78 is 43.0. The molecule has 0 atom stereocenters. The van der Waals surface area contributed by atoms with Crippen LogP contribution >= 0.6 is 15.9 Å². The van der Waals surface area contributed by atoms with Gasteiger partial charge in [-0.3, -0.25) is 0 Å². The van der Waals surface area contributed by atoms with Gasteiger partial charge in [0.2, 0.25) is 10.0 Å². The van der Waals surface area contributed by atoms with Crippen molar-refractivity contribution in [2.24, 2.45) is 0 Å². The monoisotopic (exact) mass is 517 g/mol. The Morgan fingerprint density at radius 1 is 0.906 bits per heavy atom. The van der Waals surface area contributed by atoms with Crippen molar-refractivity contribution in [3.05, 3.63) is 65.1 Å². The molecule has 9 nitrogen and oxygen atoms in total. The van der Waals surface area contributed by atoms with Crippen molar-refractivity contribution < 1.29 is 12.8 Å². The molecule has 0 aliphatic carbocycles. The number of anilines is 1. The Hall–Kier alpha value is -2.96. The van der Waals surface area contributed by atoms with E-state index in [2.05, 4.69) is 36.2 Å². The Morgan fingerprint density at radius 2 is 1.59 bits per heavy atom. The van der Waals surface area contributed by atoms with Gasteiger partial charge in [-0.1, -0.05) is 21.1 Å². The normalized spacial score (nSPS) is 15.4. The first-order chi connectivity index (χ1) is 15.4. The van der Waals surface area contributed by atoms with Gasteiger partial charge in [0.15, 0.2) is 17.0 Å². The summed E-state index contributed by atoms with van der Waals surface area (Å²) in [5, 5.41) is 8.39. The van der Waals surface area contributed by atoms with Gasteiger partial charge in [-0.05, 0) is 48.5 Å². The van der Waals surface area contributed by atoms with Crippen LogP contribution in [0.2, 0.25) is 0 Å². The second kappa shape index (κ2) is 8.19. The van der Waals surface area contributed by atoms with Gasteiger partial charge in [0.05, 0.1) is 10.6 Å². The summed E-state index contributed by atoms with van der Waals surface area (Å²) in [6, 6.07) is 12.5. The van der Waals surface area contributed by atoms with Crippen LogP contribution in [0.25, 0.3) is 16.9 Å². The lowest BCUT2D eigenvalue weighted by molar-refractivity contribution is 0.384. The van der Waals surface area contributed by atoms with Gasteiger partial charge in [0, 0.05) is 30.7 Å². The maximum Gasteiger partial charge on any atom is 0.243 e. The number of aromatic nitrogens is 5. The van der Waals surface area contributed by atoms with E-state index < -0.39 is 10.0 Å². The smallest absolute Gasteiger partial charge is 0.243 e. The van der Waals surface area contributed by atoms with Gasteiger partial charge >= 0.3 is 0 Å². The lowest BCUT2D eigenvalue weighted by Gasteiger charge is -2.34. The van der Waals surface area contributed by atoms with Crippen LogP contribution in [0.5, 0.6) is 0 Å². The summed E-state index contributed by atoms with van der Waals surface area (Å²) in [5.41, 5.74) is 1.62. The number of halogens is 2. The van der Waals surface area contributed by atoms with E-state index in [0.29, 0.717) is 48.8 Å². The fourth-order valence-electron chi connectivity index (χ4n) is 3.62. The van der Waals surface area contributed by atoms with Gasteiger partial charge < -0.3 is 4.90 Å². The van der Waals surface area contributed by atoms with E-state index >= 15 is 0 Å². The number of piperazine rings is 1. The van der Waals surface area contributed by atoms with Gasteiger partial charge in [0.1, 0.15) is 12.1 Å².